The van der Waals surface area contributed by atoms with E-state index in [1.165, 1.54) is 7.05 Å². The van der Waals surface area contributed by atoms with Crippen molar-refractivity contribution in [2.24, 2.45) is 0 Å². The monoisotopic (exact) mass is 162 g/mol. The molecule has 0 aliphatic rings. The Morgan fingerprint density at radius 3 is 2.36 bits per heavy atom. The van der Waals surface area contributed by atoms with Gasteiger partial charge in [-0.15, -0.1) is 0 Å². The molecule has 4 N–H and O–H groups in total. The lowest BCUT2D eigenvalue weighted by Crippen LogP contribution is -2.46. The Labute approximate surface area is 63.2 Å². The van der Waals surface area contributed by atoms with Crippen molar-refractivity contribution in [1.82, 2.24) is 10.6 Å². The second-order valence-corrected chi connectivity index (χ2v) is 1.80. The molecule has 0 aliphatic heterocycles. The molecular weight excluding hydrogens is 152 g/mol. The number of aliphatic hydroxyl groups is 1. The van der Waals surface area contributed by atoms with Crippen molar-refractivity contribution >= 4 is 12.0 Å². The number of rotatable bonds is 3. The molecule has 2 amide bonds. The third kappa shape index (κ3) is 3.41. The normalized spacial score (nSPS) is 11.8. The summed E-state index contributed by atoms with van der Waals surface area (Å²) in [5, 5.41) is 20.9. The highest BCUT2D eigenvalue weighted by Gasteiger charge is 2.17. The van der Waals surface area contributed by atoms with Gasteiger partial charge in [0, 0.05) is 7.05 Å². The molecule has 0 aromatic carbocycles. The van der Waals surface area contributed by atoms with E-state index < -0.39 is 24.6 Å². The molecule has 0 spiro atoms. The van der Waals surface area contributed by atoms with Crippen LogP contribution in [0.5, 0.6) is 0 Å². The number of amides is 2. The van der Waals surface area contributed by atoms with Crippen LogP contribution in [0.1, 0.15) is 0 Å². The highest BCUT2D eigenvalue weighted by molar-refractivity contribution is 5.82. The zero-order valence-corrected chi connectivity index (χ0v) is 6.00. The van der Waals surface area contributed by atoms with Crippen molar-refractivity contribution in [2.45, 2.75) is 6.04 Å². The molecule has 6 nitrogen and oxygen atoms in total. The van der Waals surface area contributed by atoms with Crippen molar-refractivity contribution < 1.29 is 19.8 Å². The van der Waals surface area contributed by atoms with Crippen molar-refractivity contribution in [1.29, 1.82) is 0 Å². The first-order chi connectivity index (χ1) is 5.11. The van der Waals surface area contributed by atoms with Gasteiger partial charge in [-0.3, -0.25) is 0 Å². The molecule has 0 fully saturated rings. The number of aliphatic hydroxyl groups excluding tert-OH is 1. The molecule has 1 atom stereocenters. The average molecular weight is 162 g/mol. The predicted octanol–water partition coefficient (Wildman–Crippen LogP) is -1.64. The van der Waals surface area contributed by atoms with Crippen molar-refractivity contribution in [2.75, 3.05) is 13.7 Å². The lowest BCUT2D eigenvalue weighted by molar-refractivity contribution is -0.140. The lowest BCUT2D eigenvalue weighted by atomic mass is 10.3. The molecule has 0 saturated carbocycles. The van der Waals surface area contributed by atoms with Crippen molar-refractivity contribution in [3.63, 3.8) is 0 Å². The number of aliphatic carboxylic acids is 1. The van der Waals surface area contributed by atoms with Gasteiger partial charge in [-0.2, -0.15) is 0 Å². The van der Waals surface area contributed by atoms with Crippen LogP contribution in [-0.4, -0.2) is 41.9 Å². The van der Waals surface area contributed by atoms with Gasteiger partial charge in [0.05, 0.1) is 6.61 Å². The van der Waals surface area contributed by atoms with Crippen LogP contribution < -0.4 is 10.6 Å². The number of carbonyl (C=O) groups is 2. The van der Waals surface area contributed by atoms with Crippen molar-refractivity contribution in [3.8, 4) is 0 Å². The molecule has 6 heteroatoms. The van der Waals surface area contributed by atoms with E-state index in [-0.39, 0.29) is 0 Å². The molecule has 0 bridgehead atoms. The van der Waals surface area contributed by atoms with Gasteiger partial charge < -0.3 is 20.8 Å². The van der Waals surface area contributed by atoms with E-state index in [4.69, 9.17) is 10.2 Å². The lowest BCUT2D eigenvalue weighted by Gasteiger charge is -2.09. The summed E-state index contributed by atoms with van der Waals surface area (Å²) in [5.41, 5.74) is 0. The maximum absolute atomic E-state index is 10.5. The fourth-order valence-corrected chi connectivity index (χ4v) is 0.416. The van der Waals surface area contributed by atoms with Gasteiger partial charge in [0.2, 0.25) is 0 Å². The van der Waals surface area contributed by atoms with Gasteiger partial charge in [0.15, 0.2) is 6.04 Å². The minimum absolute atomic E-state index is 0.622. The molecule has 0 aromatic rings. The molecule has 11 heavy (non-hydrogen) atoms. The van der Waals surface area contributed by atoms with Crippen LogP contribution in [0.3, 0.4) is 0 Å². The standard InChI is InChI=1S/C5H10N2O4/c1-6-5(11)7-3(2-8)4(9)10/h3,8H,2H2,1H3,(H,9,10)(H2,6,7,11)/t3-/m1/s1. The largest absolute Gasteiger partial charge is 0.480 e. The van der Waals surface area contributed by atoms with Crippen LogP contribution in [0.25, 0.3) is 0 Å². The van der Waals surface area contributed by atoms with Crippen molar-refractivity contribution in [3.05, 3.63) is 0 Å². The van der Waals surface area contributed by atoms with Gasteiger partial charge in [0.1, 0.15) is 0 Å². The second kappa shape index (κ2) is 4.51. The zero-order valence-electron chi connectivity index (χ0n) is 6.00. The molecule has 0 radical (unpaired) electrons. The molecule has 0 aliphatic carbocycles. The number of nitrogens with one attached hydrogen (secondary N) is 2. The van der Waals surface area contributed by atoms with Crippen LogP contribution in [0, 0.1) is 0 Å². The zero-order chi connectivity index (χ0) is 8.85. The summed E-state index contributed by atoms with van der Waals surface area (Å²) >= 11 is 0. The molecular formula is C5H10N2O4. The smallest absolute Gasteiger partial charge is 0.328 e. The van der Waals surface area contributed by atoms with E-state index in [1.807, 2.05) is 5.32 Å². The Hall–Kier alpha value is -1.30. The first-order valence-electron chi connectivity index (χ1n) is 2.93. The predicted molar refractivity (Wildman–Crippen MR) is 36.1 cm³/mol. The van der Waals surface area contributed by atoms with E-state index in [0.717, 1.165) is 0 Å². The number of urea groups is 1. The molecule has 0 saturated heterocycles. The van der Waals surface area contributed by atoms with E-state index in [1.54, 1.807) is 0 Å². The fourth-order valence-electron chi connectivity index (χ4n) is 0.416. The minimum atomic E-state index is -1.27. The number of carboxylic acids is 1. The Kier molecular flexibility index (Phi) is 3.97. The summed E-state index contributed by atoms with van der Waals surface area (Å²) in [6, 6.07) is -1.87. The van der Waals surface area contributed by atoms with E-state index in [2.05, 4.69) is 5.32 Å². The summed E-state index contributed by atoms with van der Waals surface area (Å²) in [7, 11) is 1.35. The average Bonchev–Trinajstić information content (AvgIpc) is 1.99. The molecule has 0 rings (SSSR count). The number of carbonyl (C=O) groups excluding carboxylic acids is 1. The molecule has 64 valence electrons. The summed E-state index contributed by atoms with van der Waals surface area (Å²) in [4.78, 5) is 20.7. The molecule has 0 aromatic heterocycles. The third-order valence-electron chi connectivity index (χ3n) is 1.01. The Balaban J connectivity index is 3.88. The van der Waals surface area contributed by atoms with Gasteiger partial charge in [-0.25, -0.2) is 9.59 Å². The van der Waals surface area contributed by atoms with Gasteiger partial charge in [-0.1, -0.05) is 0 Å². The Morgan fingerprint density at radius 1 is 1.55 bits per heavy atom. The maximum Gasteiger partial charge on any atom is 0.328 e. The van der Waals surface area contributed by atoms with E-state index in [9.17, 15) is 9.59 Å². The third-order valence-corrected chi connectivity index (χ3v) is 1.01. The summed E-state index contributed by atoms with van der Waals surface area (Å²) < 4.78 is 0. The summed E-state index contributed by atoms with van der Waals surface area (Å²) in [6.07, 6.45) is 0. The maximum atomic E-state index is 10.5. The first-order valence-corrected chi connectivity index (χ1v) is 2.93. The fraction of sp³-hybridized carbons (Fsp3) is 0.600. The second-order valence-electron chi connectivity index (χ2n) is 1.80. The van der Waals surface area contributed by atoms with Gasteiger partial charge >= 0.3 is 12.0 Å². The first kappa shape index (κ1) is 9.70. The number of hydrogen-bond donors (Lipinski definition) is 4. The van der Waals surface area contributed by atoms with Gasteiger partial charge in [0.25, 0.3) is 0 Å². The summed E-state index contributed by atoms with van der Waals surface area (Å²) in [6.45, 7) is -0.622. The number of hydrogen-bond acceptors (Lipinski definition) is 3. The van der Waals surface area contributed by atoms with Crippen LogP contribution in [0.4, 0.5) is 4.79 Å². The Morgan fingerprint density at radius 2 is 2.09 bits per heavy atom. The van der Waals surface area contributed by atoms with Crippen LogP contribution in [-0.2, 0) is 4.79 Å². The number of carboxylic acid groups (broad SMARTS) is 1. The Bertz CT molecular complexity index is 159. The van der Waals surface area contributed by atoms with E-state index in [0.29, 0.717) is 0 Å². The quantitative estimate of drug-likeness (QED) is 0.400. The topological polar surface area (TPSA) is 98.7 Å². The highest BCUT2D eigenvalue weighted by Crippen LogP contribution is 1.80. The summed E-state index contributed by atoms with van der Waals surface area (Å²) in [5.74, 6) is -1.27. The minimum Gasteiger partial charge on any atom is -0.480 e. The molecule has 0 unspecified atom stereocenters. The van der Waals surface area contributed by atoms with Crippen LogP contribution in [0.2, 0.25) is 0 Å². The van der Waals surface area contributed by atoms with E-state index >= 15 is 0 Å². The SMILES string of the molecule is CNC(=O)N[C@H](CO)C(=O)O. The van der Waals surface area contributed by atoms with Crippen LogP contribution >= 0.6 is 0 Å². The molecule has 0 heterocycles. The highest BCUT2D eigenvalue weighted by atomic mass is 16.4. The van der Waals surface area contributed by atoms with Gasteiger partial charge in [-0.05, 0) is 0 Å². The van der Waals surface area contributed by atoms with Crippen LogP contribution in [0.15, 0.2) is 0 Å².